The lowest BCUT2D eigenvalue weighted by Gasteiger charge is -2.14. The second-order valence-electron chi connectivity index (χ2n) is 4.58. The third kappa shape index (κ3) is 2.86. The Bertz CT molecular complexity index is 505. The van der Waals surface area contributed by atoms with Crippen molar-refractivity contribution < 1.29 is 8.42 Å². The summed E-state index contributed by atoms with van der Waals surface area (Å²) in [6.07, 6.45) is 0.851. The minimum Gasteiger partial charge on any atom is -0.315 e. The predicted octanol–water partition coefficient (Wildman–Crippen LogP) is 0.944. The summed E-state index contributed by atoms with van der Waals surface area (Å²) in [6.45, 7) is 5.31. The maximum Gasteiger partial charge on any atom is 0.241 e. The minimum atomic E-state index is -3.39. The van der Waals surface area contributed by atoms with E-state index in [-0.39, 0.29) is 6.04 Å². The zero-order chi connectivity index (χ0) is 12.5. The van der Waals surface area contributed by atoms with Crippen LogP contribution in [-0.2, 0) is 10.0 Å². The molecule has 0 unspecified atom stereocenters. The van der Waals surface area contributed by atoms with Gasteiger partial charge in [-0.25, -0.2) is 13.1 Å². The summed E-state index contributed by atoms with van der Waals surface area (Å²) in [7, 11) is -3.39. The fraction of sp³-hybridized carbons (Fsp3) is 0.500. The first-order valence-corrected chi connectivity index (χ1v) is 7.28. The Labute approximate surface area is 102 Å². The quantitative estimate of drug-likeness (QED) is 0.844. The van der Waals surface area contributed by atoms with Crippen LogP contribution in [0.15, 0.2) is 23.1 Å². The molecule has 2 rings (SSSR count). The highest BCUT2D eigenvalue weighted by atomic mass is 32.2. The van der Waals surface area contributed by atoms with Gasteiger partial charge in [-0.05, 0) is 44.0 Å². The molecule has 2 N–H and O–H groups in total. The number of hydrogen-bond acceptors (Lipinski definition) is 3. The Kier molecular flexibility index (Phi) is 3.51. The van der Waals surface area contributed by atoms with Crippen molar-refractivity contribution in [1.82, 2.24) is 10.0 Å². The van der Waals surface area contributed by atoms with Gasteiger partial charge in [-0.3, -0.25) is 0 Å². The van der Waals surface area contributed by atoms with Crippen molar-refractivity contribution in [3.05, 3.63) is 29.3 Å². The molecule has 1 saturated heterocycles. The van der Waals surface area contributed by atoms with Crippen molar-refractivity contribution >= 4 is 10.0 Å². The Morgan fingerprint density at radius 2 is 2.12 bits per heavy atom. The van der Waals surface area contributed by atoms with Crippen molar-refractivity contribution in [2.45, 2.75) is 31.2 Å². The standard InChI is InChI=1S/C12H18N2O2S/c1-9-3-4-10(2)12(7-9)17(15,16)14-11-5-6-13-8-11/h3-4,7,11,13-14H,5-6,8H2,1-2H3/t11-/m1/s1. The first-order chi connectivity index (χ1) is 7.99. The molecule has 1 heterocycles. The third-order valence-corrected chi connectivity index (χ3v) is 4.68. The van der Waals surface area contributed by atoms with Gasteiger partial charge in [0.1, 0.15) is 0 Å². The second kappa shape index (κ2) is 4.76. The van der Waals surface area contributed by atoms with Gasteiger partial charge in [-0.15, -0.1) is 0 Å². The monoisotopic (exact) mass is 254 g/mol. The summed E-state index contributed by atoms with van der Waals surface area (Å²) in [5.74, 6) is 0. The maximum absolute atomic E-state index is 12.2. The van der Waals surface area contributed by atoms with E-state index in [1.54, 1.807) is 6.07 Å². The molecule has 1 aliphatic rings. The van der Waals surface area contributed by atoms with Crippen LogP contribution in [0.1, 0.15) is 17.5 Å². The molecular formula is C12H18N2O2S. The number of sulfonamides is 1. The number of aryl methyl sites for hydroxylation is 2. The van der Waals surface area contributed by atoms with E-state index in [1.807, 2.05) is 26.0 Å². The number of rotatable bonds is 3. The van der Waals surface area contributed by atoms with E-state index in [0.717, 1.165) is 24.1 Å². The van der Waals surface area contributed by atoms with Crippen molar-refractivity contribution in [1.29, 1.82) is 0 Å². The second-order valence-corrected chi connectivity index (χ2v) is 6.26. The lowest BCUT2D eigenvalue weighted by molar-refractivity contribution is 0.559. The highest BCUT2D eigenvalue weighted by Gasteiger charge is 2.23. The fourth-order valence-electron chi connectivity index (χ4n) is 2.03. The van der Waals surface area contributed by atoms with E-state index in [1.165, 1.54) is 0 Å². The van der Waals surface area contributed by atoms with Crippen molar-refractivity contribution in [2.75, 3.05) is 13.1 Å². The van der Waals surface area contributed by atoms with Gasteiger partial charge in [-0.1, -0.05) is 12.1 Å². The molecule has 0 radical (unpaired) electrons. The van der Waals surface area contributed by atoms with Crippen LogP contribution in [0, 0.1) is 13.8 Å². The van der Waals surface area contributed by atoms with E-state index >= 15 is 0 Å². The van der Waals surface area contributed by atoms with Crippen LogP contribution in [0.4, 0.5) is 0 Å². The lowest BCUT2D eigenvalue weighted by Crippen LogP contribution is -2.36. The summed E-state index contributed by atoms with van der Waals surface area (Å²) in [5.41, 5.74) is 1.74. The van der Waals surface area contributed by atoms with Gasteiger partial charge in [-0.2, -0.15) is 0 Å². The Morgan fingerprint density at radius 3 is 2.76 bits per heavy atom. The van der Waals surface area contributed by atoms with E-state index < -0.39 is 10.0 Å². The Balaban J connectivity index is 2.27. The third-order valence-electron chi connectivity index (χ3n) is 3.02. The Hall–Kier alpha value is -0.910. The minimum absolute atomic E-state index is 0.0138. The van der Waals surface area contributed by atoms with Crippen LogP contribution >= 0.6 is 0 Å². The molecule has 0 bridgehead atoms. The molecule has 0 aromatic heterocycles. The van der Waals surface area contributed by atoms with Crippen LogP contribution in [0.2, 0.25) is 0 Å². The van der Waals surface area contributed by atoms with Gasteiger partial charge in [0.15, 0.2) is 0 Å². The molecule has 5 heteroatoms. The number of hydrogen-bond donors (Lipinski definition) is 2. The van der Waals surface area contributed by atoms with Gasteiger partial charge in [0, 0.05) is 12.6 Å². The molecule has 1 fully saturated rings. The van der Waals surface area contributed by atoms with Gasteiger partial charge < -0.3 is 5.32 Å². The smallest absolute Gasteiger partial charge is 0.241 e. The summed E-state index contributed by atoms with van der Waals surface area (Å²) in [4.78, 5) is 0.393. The van der Waals surface area contributed by atoms with Crippen LogP contribution in [0.25, 0.3) is 0 Å². The van der Waals surface area contributed by atoms with Gasteiger partial charge in [0.05, 0.1) is 4.90 Å². The SMILES string of the molecule is Cc1ccc(C)c(S(=O)(=O)N[C@@H]2CCNC2)c1. The Morgan fingerprint density at radius 1 is 1.35 bits per heavy atom. The topological polar surface area (TPSA) is 58.2 Å². The molecular weight excluding hydrogens is 236 g/mol. The summed E-state index contributed by atoms with van der Waals surface area (Å²) >= 11 is 0. The highest BCUT2D eigenvalue weighted by Crippen LogP contribution is 2.17. The van der Waals surface area contributed by atoms with Crippen LogP contribution in [-0.4, -0.2) is 27.5 Å². The normalized spacial score (nSPS) is 20.7. The summed E-state index contributed by atoms with van der Waals surface area (Å²) < 4.78 is 27.2. The molecule has 0 saturated carbocycles. The average molecular weight is 254 g/mol. The fourth-order valence-corrected chi connectivity index (χ4v) is 3.63. The lowest BCUT2D eigenvalue weighted by atomic mass is 10.2. The molecule has 17 heavy (non-hydrogen) atoms. The highest BCUT2D eigenvalue weighted by molar-refractivity contribution is 7.89. The first-order valence-electron chi connectivity index (χ1n) is 5.79. The molecule has 1 atom stereocenters. The molecule has 4 nitrogen and oxygen atoms in total. The van der Waals surface area contributed by atoms with E-state index in [0.29, 0.717) is 11.4 Å². The molecule has 0 spiro atoms. The largest absolute Gasteiger partial charge is 0.315 e. The first kappa shape index (κ1) is 12.5. The van der Waals surface area contributed by atoms with Crippen molar-refractivity contribution in [2.24, 2.45) is 0 Å². The van der Waals surface area contributed by atoms with Crippen molar-refractivity contribution in [3.8, 4) is 0 Å². The average Bonchev–Trinajstić information content (AvgIpc) is 2.73. The van der Waals surface area contributed by atoms with E-state index in [9.17, 15) is 8.42 Å². The zero-order valence-electron chi connectivity index (χ0n) is 10.2. The molecule has 1 aromatic carbocycles. The molecule has 1 aromatic rings. The van der Waals surface area contributed by atoms with Gasteiger partial charge in [0.25, 0.3) is 0 Å². The molecule has 94 valence electrons. The van der Waals surface area contributed by atoms with Crippen LogP contribution in [0.3, 0.4) is 0 Å². The molecule has 1 aliphatic heterocycles. The summed E-state index contributed by atoms with van der Waals surface area (Å²) in [5, 5.41) is 3.15. The van der Waals surface area contributed by atoms with Crippen LogP contribution < -0.4 is 10.0 Å². The number of nitrogens with one attached hydrogen (secondary N) is 2. The maximum atomic E-state index is 12.2. The van der Waals surface area contributed by atoms with E-state index in [4.69, 9.17) is 0 Å². The molecule has 0 aliphatic carbocycles. The zero-order valence-corrected chi connectivity index (χ0v) is 11.0. The van der Waals surface area contributed by atoms with E-state index in [2.05, 4.69) is 10.0 Å². The van der Waals surface area contributed by atoms with Crippen LogP contribution in [0.5, 0.6) is 0 Å². The van der Waals surface area contributed by atoms with Gasteiger partial charge >= 0.3 is 0 Å². The van der Waals surface area contributed by atoms with Gasteiger partial charge in [0.2, 0.25) is 10.0 Å². The predicted molar refractivity (Wildman–Crippen MR) is 67.5 cm³/mol. The summed E-state index contributed by atoms with van der Waals surface area (Å²) in [6, 6.07) is 5.50. The molecule has 0 amide bonds. The van der Waals surface area contributed by atoms with Crippen molar-refractivity contribution in [3.63, 3.8) is 0 Å². The number of benzene rings is 1.